The molecule has 3 heteroatoms. The lowest BCUT2D eigenvalue weighted by Crippen LogP contribution is -1.93. The quantitative estimate of drug-likeness (QED) is 0.660. The van der Waals surface area contributed by atoms with E-state index < -0.39 is 0 Å². The maximum atomic E-state index is 5.90. The van der Waals surface area contributed by atoms with Gasteiger partial charge in [0.25, 0.3) is 0 Å². The Kier molecular flexibility index (Phi) is 1.71. The van der Waals surface area contributed by atoms with Gasteiger partial charge in [0, 0.05) is 5.02 Å². The van der Waals surface area contributed by atoms with Crippen LogP contribution in [0.15, 0.2) is 18.2 Å². The smallest absolute Gasteiger partial charge is 0.0905 e. The van der Waals surface area contributed by atoms with Gasteiger partial charge in [-0.3, -0.25) is 0 Å². The highest BCUT2D eigenvalue weighted by molar-refractivity contribution is 6.31. The third-order valence-electron chi connectivity index (χ3n) is 2.61. The van der Waals surface area contributed by atoms with Crippen molar-refractivity contribution in [1.82, 2.24) is 9.97 Å². The fourth-order valence-electron chi connectivity index (χ4n) is 1.92. The van der Waals surface area contributed by atoms with Crippen molar-refractivity contribution in [3.63, 3.8) is 0 Å². The van der Waals surface area contributed by atoms with Crippen molar-refractivity contribution in [3.8, 4) is 0 Å². The van der Waals surface area contributed by atoms with Gasteiger partial charge in [-0.25, -0.2) is 9.97 Å². The summed E-state index contributed by atoms with van der Waals surface area (Å²) in [7, 11) is 0. The minimum Gasteiger partial charge on any atom is -0.249 e. The normalized spacial score (nSPS) is 14.6. The Morgan fingerprint density at radius 3 is 2.50 bits per heavy atom. The highest BCUT2D eigenvalue weighted by Gasteiger charge is 2.14. The van der Waals surface area contributed by atoms with Crippen molar-refractivity contribution in [1.29, 1.82) is 0 Å². The van der Waals surface area contributed by atoms with Crippen molar-refractivity contribution in [2.75, 3.05) is 0 Å². The van der Waals surface area contributed by atoms with Gasteiger partial charge < -0.3 is 0 Å². The molecule has 14 heavy (non-hydrogen) atoms. The monoisotopic (exact) mass is 204 g/mol. The fourth-order valence-corrected chi connectivity index (χ4v) is 2.09. The molecule has 1 heterocycles. The Morgan fingerprint density at radius 2 is 1.71 bits per heavy atom. The first-order valence-corrected chi connectivity index (χ1v) is 5.16. The zero-order valence-electron chi connectivity index (χ0n) is 7.63. The Morgan fingerprint density at radius 1 is 1.00 bits per heavy atom. The van der Waals surface area contributed by atoms with Crippen LogP contribution >= 0.6 is 11.6 Å². The zero-order chi connectivity index (χ0) is 9.54. The Balaban J connectivity index is 2.33. The van der Waals surface area contributed by atoms with Gasteiger partial charge in [-0.05, 0) is 37.5 Å². The predicted molar refractivity (Wildman–Crippen MR) is 56.6 cm³/mol. The third-order valence-corrected chi connectivity index (χ3v) is 2.84. The first kappa shape index (κ1) is 8.18. The zero-order valence-corrected chi connectivity index (χ0v) is 8.38. The number of hydrogen-bond acceptors (Lipinski definition) is 2. The lowest BCUT2D eigenvalue weighted by atomic mass is 10.2. The molecule has 2 aromatic rings. The van der Waals surface area contributed by atoms with E-state index in [2.05, 4.69) is 9.97 Å². The molecule has 0 bridgehead atoms. The molecule has 0 unspecified atom stereocenters. The van der Waals surface area contributed by atoms with Crippen molar-refractivity contribution in [3.05, 3.63) is 34.6 Å². The van der Waals surface area contributed by atoms with E-state index in [4.69, 9.17) is 11.6 Å². The second-order valence-corrected chi connectivity index (χ2v) is 4.04. The van der Waals surface area contributed by atoms with Crippen LogP contribution in [-0.4, -0.2) is 9.97 Å². The minimum atomic E-state index is 0.727. The van der Waals surface area contributed by atoms with E-state index in [9.17, 15) is 0 Å². The van der Waals surface area contributed by atoms with Crippen LogP contribution in [0.4, 0.5) is 0 Å². The molecule has 0 radical (unpaired) electrons. The van der Waals surface area contributed by atoms with E-state index in [-0.39, 0.29) is 0 Å². The van der Waals surface area contributed by atoms with Crippen LogP contribution in [-0.2, 0) is 12.8 Å². The summed E-state index contributed by atoms with van der Waals surface area (Å²) in [5.74, 6) is 0. The number of aromatic nitrogens is 2. The van der Waals surface area contributed by atoms with Gasteiger partial charge in [0.2, 0.25) is 0 Å². The molecule has 1 aromatic heterocycles. The van der Waals surface area contributed by atoms with Gasteiger partial charge >= 0.3 is 0 Å². The molecule has 0 fully saturated rings. The number of hydrogen-bond donors (Lipinski definition) is 0. The Labute approximate surface area is 86.9 Å². The number of aryl methyl sites for hydroxylation is 2. The molecule has 1 aliphatic carbocycles. The molecular formula is C11H9ClN2. The molecule has 70 valence electrons. The lowest BCUT2D eigenvalue weighted by Gasteiger charge is -2.01. The van der Waals surface area contributed by atoms with Gasteiger partial charge in [0.1, 0.15) is 0 Å². The number of halogens is 1. The van der Waals surface area contributed by atoms with Crippen LogP contribution in [0, 0.1) is 0 Å². The number of benzene rings is 1. The molecule has 1 aliphatic rings. The molecule has 0 spiro atoms. The minimum absolute atomic E-state index is 0.727. The highest BCUT2D eigenvalue weighted by Crippen LogP contribution is 2.23. The van der Waals surface area contributed by atoms with Gasteiger partial charge in [0.15, 0.2) is 0 Å². The summed E-state index contributed by atoms with van der Waals surface area (Å²) in [6.07, 6.45) is 3.31. The van der Waals surface area contributed by atoms with Crippen LogP contribution in [0.25, 0.3) is 11.0 Å². The first-order valence-electron chi connectivity index (χ1n) is 4.78. The molecule has 0 N–H and O–H groups in total. The van der Waals surface area contributed by atoms with Crippen LogP contribution in [0.5, 0.6) is 0 Å². The molecule has 0 amide bonds. The summed E-state index contributed by atoms with van der Waals surface area (Å²) < 4.78 is 0. The molecular weight excluding hydrogens is 196 g/mol. The molecule has 0 saturated carbocycles. The Bertz CT molecular complexity index is 508. The Hall–Kier alpha value is -1.15. The SMILES string of the molecule is Clc1ccc2nc3c(nc2c1)CCC3. The van der Waals surface area contributed by atoms with Gasteiger partial charge in [-0.2, -0.15) is 0 Å². The third kappa shape index (κ3) is 1.18. The average Bonchev–Trinajstić information content (AvgIpc) is 2.61. The van der Waals surface area contributed by atoms with Crippen LogP contribution in [0.2, 0.25) is 5.02 Å². The highest BCUT2D eigenvalue weighted by atomic mass is 35.5. The van der Waals surface area contributed by atoms with Gasteiger partial charge in [-0.15, -0.1) is 0 Å². The van der Waals surface area contributed by atoms with Crippen LogP contribution < -0.4 is 0 Å². The van der Waals surface area contributed by atoms with Crippen molar-refractivity contribution in [2.24, 2.45) is 0 Å². The first-order chi connectivity index (χ1) is 6.83. The van der Waals surface area contributed by atoms with E-state index in [0.717, 1.165) is 34.6 Å². The van der Waals surface area contributed by atoms with E-state index in [0.29, 0.717) is 0 Å². The largest absolute Gasteiger partial charge is 0.249 e. The summed E-state index contributed by atoms with van der Waals surface area (Å²) in [5, 5.41) is 0.727. The van der Waals surface area contributed by atoms with Gasteiger partial charge in [-0.1, -0.05) is 11.6 Å². The average molecular weight is 205 g/mol. The van der Waals surface area contributed by atoms with Crippen LogP contribution in [0.3, 0.4) is 0 Å². The molecule has 2 nitrogen and oxygen atoms in total. The summed E-state index contributed by atoms with van der Waals surface area (Å²) in [4.78, 5) is 9.15. The second kappa shape index (κ2) is 2.92. The van der Waals surface area contributed by atoms with Crippen molar-refractivity contribution in [2.45, 2.75) is 19.3 Å². The summed E-state index contributed by atoms with van der Waals surface area (Å²) >= 11 is 5.90. The molecule has 1 aromatic carbocycles. The summed E-state index contributed by atoms with van der Waals surface area (Å²) in [6.45, 7) is 0. The maximum Gasteiger partial charge on any atom is 0.0905 e. The maximum absolute atomic E-state index is 5.90. The molecule has 0 saturated heterocycles. The van der Waals surface area contributed by atoms with E-state index in [1.165, 1.54) is 12.1 Å². The molecule has 0 aliphatic heterocycles. The van der Waals surface area contributed by atoms with Gasteiger partial charge in [0.05, 0.1) is 22.4 Å². The second-order valence-electron chi connectivity index (χ2n) is 3.60. The standard InChI is InChI=1S/C11H9ClN2/c12-7-4-5-10-11(6-7)14-9-3-1-2-8(9)13-10/h4-6H,1-3H2. The molecule has 3 rings (SSSR count). The van der Waals surface area contributed by atoms with E-state index in [1.807, 2.05) is 18.2 Å². The number of rotatable bonds is 0. The summed E-state index contributed by atoms with van der Waals surface area (Å²) in [6, 6.07) is 5.67. The number of fused-ring (bicyclic) bond motifs is 2. The van der Waals surface area contributed by atoms with E-state index >= 15 is 0 Å². The van der Waals surface area contributed by atoms with E-state index in [1.54, 1.807) is 0 Å². The lowest BCUT2D eigenvalue weighted by molar-refractivity contribution is 0.895. The van der Waals surface area contributed by atoms with Crippen molar-refractivity contribution >= 4 is 22.6 Å². The summed E-state index contributed by atoms with van der Waals surface area (Å²) in [5.41, 5.74) is 4.19. The fraction of sp³-hybridized carbons (Fsp3) is 0.273. The molecule has 0 atom stereocenters. The number of nitrogens with zero attached hydrogens (tertiary/aromatic N) is 2. The van der Waals surface area contributed by atoms with Crippen LogP contribution in [0.1, 0.15) is 17.8 Å². The van der Waals surface area contributed by atoms with Crippen molar-refractivity contribution < 1.29 is 0 Å². The topological polar surface area (TPSA) is 25.8 Å². The predicted octanol–water partition coefficient (Wildman–Crippen LogP) is 2.77.